The van der Waals surface area contributed by atoms with E-state index in [1.54, 1.807) is 13.8 Å². The third-order valence-electron chi connectivity index (χ3n) is 2.93. The lowest BCUT2D eigenvalue weighted by molar-refractivity contribution is -0.146. The zero-order valence-electron chi connectivity index (χ0n) is 13.1. The quantitative estimate of drug-likeness (QED) is 0.782. The number of carbonyl (C=O) groups is 2. The van der Waals surface area contributed by atoms with E-state index < -0.39 is 12.0 Å². The molecule has 1 amide bonds. The van der Waals surface area contributed by atoms with Gasteiger partial charge in [0.2, 0.25) is 5.91 Å². The van der Waals surface area contributed by atoms with Crippen LogP contribution in [0.1, 0.15) is 31.4 Å². The van der Waals surface area contributed by atoms with Crippen LogP contribution in [0, 0.1) is 13.8 Å². The average Bonchev–Trinajstić information content (AvgIpc) is 2.41. The molecule has 0 aliphatic rings. The Hall–Kier alpha value is -2.04. The Morgan fingerprint density at radius 1 is 1.29 bits per heavy atom. The minimum atomic E-state index is -0.640. The molecular formula is C16H23NO4. The van der Waals surface area contributed by atoms with Gasteiger partial charge in [0.1, 0.15) is 11.8 Å². The fourth-order valence-corrected chi connectivity index (χ4v) is 1.85. The lowest BCUT2D eigenvalue weighted by Crippen LogP contribution is -2.40. The Labute approximate surface area is 125 Å². The van der Waals surface area contributed by atoms with Crippen molar-refractivity contribution in [2.24, 2.45) is 0 Å². The number of aryl methyl sites for hydroxylation is 2. The minimum Gasteiger partial charge on any atom is -0.493 e. The smallest absolute Gasteiger partial charge is 0.328 e. The largest absolute Gasteiger partial charge is 0.493 e. The van der Waals surface area contributed by atoms with Crippen LogP contribution in [0.25, 0.3) is 0 Å². The molecule has 0 saturated carbocycles. The third kappa shape index (κ3) is 5.85. The fraction of sp³-hybridized carbons (Fsp3) is 0.500. The summed E-state index contributed by atoms with van der Waals surface area (Å²) < 4.78 is 10.4. The summed E-state index contributed by atoms with van der Waals surface area (Å²) in [5.74, 6) is 0.105. The van der Waals surface area contributed by atoms with Crippen LogP contribution in [0.2, 0.25) is 0 Å². The first-order valence-electron chi connectivity index (χ1n) is 7.10. The SMILES string of the molecule is CCOC(=O)C(C)NC(=O)CCOc1ccc(C)cc1C. The average molecular weight is 293 g/mol. The van der Waals surface area contributed by atoms with Crippen LogP contribution >= 0.6 is 0 Å². The first-order valence-corrected chi connectivity index (χ1v) is 7.10. The maximum absolute atomic E-state index is 11.7. The monoisotopic (exact) mass is 293 g/mol. The molecule has 5 heteroatoms. The van der Waals surface area contributed by atoms with Crippen molar-refractivity contribution in [3.63, 3.8) is 0 Å². The van der Waals surface area contributed by atoms with Crippen molar-refractivity contribution in [1.29, 1.82) is 0 Å². The molecule has 0 saturated heterocycles. The summed E-state index contributed by atoms with van der Waals surface area (Å²) in [7, 11) is 0. The first-order chi connectivity index (χ1) is 9.93. The Bertz CT molecular complexity index is 499. The highest BCUT2D eigenvalue weighted by Gasteiger charge is 2.16. The van der Waals surface area contributed by atoms with Crippen LogP contribution in [0.4, 0.5) is 0 Å². The molecular weight excluding hydrogens is 270 g/mol. The molecule has 1 N–H and O–H groups in total. The number of rotatable bonds is 7. The molecule has 116 valence electrons. The number of esters is 1. The lowest BCUT2D eigenvalue weighted by atomic mass is 10.1. The van der Waals surface area contributed by atoms with E-state index >= 15 is 0 Å². The van der Waals surface area contributed by atoms with Gasteiger partial charge in [0.15, 0.2) is 0 Å². The maximum Gasteiger partial charge on any atom is 0.328 e. The molecule has 1 aromatic rings. The number of hydrogen-bond acceptors (Lipinski definition) is 4. The molecule has 0 aliphatic heterocycles. The van der Waals surface area contributed by atoms with Gasteiger partial charge in [-0.05, 0) is 39.3 Å². The van der Waals surface area contributed by atoms with Crippen molar-refractivity contribution < 1.29 is 19.1 Å². The summed E-state index contributed by atoms with van der Waals surface area (Å²) in [6, 6.07) is 5.24. The van der Waals surface area contributed by atoms with Crippen LogP contribution in [0.5, 0.6) is 5.75 Å². The summed E-state index contributed by atoms with van der Waals surface area (Å²) in [6.07, 6.45) is 0.192. The molecule has 1 unspecified atom stereocenters. The molecule has 0 bridgehead atoms. The van der Waals surface area contributed by atoms with Gasteiger partial charge in [0.05, 0.1) is 19.6 Å². The lowest BCUT2D eigenvalue weighted by Gasteiger charge is -2.13. The molecule has 0 radical (unpaired) electrons. The zero-order chi connectivity index (χ0) is 15.8. The van der Waals surface area contributed by atoms with Crippen LogP contribution in [-0.4, -0.2) is 31.1 Å². The van der Waals surface area contributed by atoms with Gasteiger partial charge < -0.3 is 14.8 Å². The van der Waals surface area contributed by atoms with Gasteiger partial charge >= 0.3 is 5.97 Å². The van der Waals surface area contributed by atoms with E-state index in [1.165, 1.54) is 5.56 Å². The first kappa shape index (κ1) is 17.0. The highest BCUT2D eigenvalue weighted by Crippen LogP contribution is 2.18. The summed E-state index contributed by atoms with van der Waals surface area (Å²) in [6.45, 7) is 7.87. The highest BCUT2D eigenvalue weighted by molar-refractivity contribution is 5.84. The van der Waals surface area contributed by atoms with Crippen LogP contribution in [-0.2, 0) is 14.3 Å². The van der Waals surface area contributed by atoms with Crippen molar-refractivity contribution in [2.75, 3.05) is 13.2 Å². The van der Waals surface area contributed by atoms with E-state index in [-0.39, 0.29) is 18.9 Å². The van der Waals surface area contributed by atoms with Crippen LogP contribution in [0.3, 0.4) is 0 Å². The number of ether oxygens (including phenoxy) is 2. The number of benzene rings is 1. The van der Waals surface area contributed by atoms with Crippen LogP contribution < -0.4 is 10.1 Å². The van der Waals surface area contributed by atoms with Gasteiger partial charge in [0, 0.05) is 0 Å². The molecule has 0 spiro atoms. The van der Waals surface area contributed by atoms with Crippen molar-refractivity contribution in [3.8, 4) is 5.75 Å². The van der Waals surface area contributed by atoms with Crippen LogP contribution in [0.15, 0.2) is 18.2 Å². The zero-order valence-corrected chi connectivity index (χ0v) is 13.1. The Morgan fingerprint density at radius 2 is 2.00 bits per heavy atom. The van der Waals surface area contributed by atoms with E-state index in [1.807, 2.05) is 32.0 Å². The Kier molecular flexibility index (Phi) is 6.72. The topological polar surface area (TPSA) is 64.6 Å². The molecule has 1 atom stereocenters. The van der Waals surface area contributed by atoms with Gasteiger partial charge in [-0.2, -0.15) is 0 Å². The standard InChI is InChI=1S/C16H23NO4/c1-5-20-16(19)13(4)17-15(18)8-9-21-14-7-6-11(2)10-12(14)3/h6-7,10,13H,5,8-9H2,1-4H3,(H,17,18). The predicted octanol–water partition coefficient (Wildman–Crippen LogP) is 2.14. The minimum absolute atomic E-state index is 0.192. The molecule has 21 heavy (non-hydrogen) atoms. The fourth-order valence-electron chi connectivity index (χ4n) is 1.85. The van der Waals surface area contributed by atoms with E-state index in [0.29, 0.717) is 6.61 Å². The molecule has 5 nitrogen and oxygen atoms in total. The van der Waals surface area contributed by atoms with E-state index in [0.717, 1.165) is 11.3 Å². The van der Waals surface area contributed by atoms with E-state index in [9.17, 15) is 9.59 Å². The number of carbonyl (C=O) groups excluding carboxylic acids is 2. The van der Waals surface area contributed by atoms with E-state index in [4.69, 9.17) is 9.47 Å². The number of nitrogens with one attached hydrogen (secondary N) is 1. The van der Waals surface area contributed by atoms with Gasteiger partial charge in [-0.25, -0.2) is 4.79 Å². The summed E-state index contributed by atoms with van der Waals surface area (Å²) in [4.78, 5) is 23.1. The van der Waals surface area contributed by atoms with E-state index in [2.05, 4.69) is 5.32 Å². The van der Waals surface area contributed by atoms with Crippen molar-refractivity contribution in [2.45, 2.75) is 40.2 Å². The molecule has 0 fully saturated rings. The van der Waals surface area contributed by atoms with Crippen molar-refractivity contribution >= 4 is 11.9 Å². The second kappa shape index (κ2) is 8.29. The molecule has 1 aromatic carbocycles. The van der Waals surface area contributed by atoms with Gasteiger partial charge in [0.25, 0.3) is 0 Å². The second-order valence-electron chi connectivity index (χ2n) is 4.91. The normalized spacial score (nSPS) is 11.6. The predicted molar refractivity (Wildman–Crippen MR) is 80.3 cm³/mol. The number of hydrogen-bond donors (Lipinski definition) is 1. The summed E-state index contributed by atoms with van der Waals surface area (Å²) in [5, 5.41) is 2.58. The molecule has 0 heterocycles. The Balaban J connectivity index is 2.35. The van der Waals surface area contributed by atoms with Crippen molar-refractivity contribution in [3.05, 3.63) is 29.3 Å². The van der Waals surface area contributed by atoms with Gasteiger partial charge in [-0.15, -0.1) is 0 Å². The highest BCUT2D eigenvalue weighted by atomic mass is 16.5. The maximum atomic E-state index is 11.7. The van der Waals surface area contributed by atoms with Gasteiger partial charge in [-0.1, -0.05) is 17.7 Å². The second-order valence-corrected chi connectivity index (χ2v) is 4.91. The third-order valence-corrected chi connectivity index (χ3v) is 2.93. The van der Waals surface area contributed by atoms with Crippen molar-refractivity contribution in [1.82, 2.24) is 5.32 Å². The summed E-state index contributed by atoms with van der Waals surface area (Å²) in [5.41, 5.74) is 2.20. The molecule has 0 aromatic heterocycles. The molecule has 0 aliphatic carbocycles. The van der Waals surface area contributed by atoms with Gasteiger partial charge in [-0.3, -0.25) is 4.79 Å². The number of amides is 1. The molecule has 1 rings (SSSR count). The Morgan fingerprint density at radius 3 is 2.62 bits per heavy atom. The summed E-state index contributed by atoms with van der Waals surface area (Å²) >= 11 is 0.